The van der Waals surface area contributed by atoms with Gasteiger partial charge in [0.05, 0.1) is 23.2 Å². The fourth-order valence-electron chi connectivity index (χ4n) is 6.61. The molecule has 0 spiro atoms. The number of ether oxygens (including phenoxy) is 1. The van der Waals surface area contributed by atoms with Gasteiger partial charge in [-0.15, -0.1) is 0 Å². The molecule has 5 rings (SSSR count). The van der Waals surface area contributed by atoms with E-state index in [1.165, 1.54) is 24.1 Å². The van der Waals surface area contributed by atoms with E-state index in [2.05, 4.69) is 9.97 Å². The van der Waals surface area contributed by atoms with Crippen molar-refractivity contribution < 1.29 is 32.9 Å². The van der Waals surface area contributed by atoms with Crippen LogP contribution in [0.25, 0.3) is 10.9 Å². The number of pyridine rings is 2. The highest BCUT2D eigenvalue weighted by atomic mass is 35.5. The first kappa shape index (κ1) is 32.5. The van der Waals surface area contributed by atoms with E-state index in [4.69, 9.17) is 16.3 Å². The Labute approximate surface area is 264 Å². The van der Waals surface area contributed by atoms with E-state index in [1.54, 1.807) is 18.2 Å². The molecule has 7 nitrogen and oxygen atoms in total. The molecule has 45 heavy (non-hydrogen) atoms. The van der Waals surface area contributed by atoms with Gasteiger partial charge in [-0.25, -0.2) is 9.78 Å². The van der Waals surface area contributed by atoms with Crippen LogP contribution in [0.3, 0.4) is 0 Å². The maximum Gasteiger partial charge on any atom is 0.416 e. The van der Waals surface area contributed by atoms with Crippen LogP contribution in [0.1, 0.15) is 60.0 Å². The number of carboxylic acid groups (broad SMARTS) is 1. The van der Waals surface area contributed by atoms with Gasteiger partial charge in [-0.3, -0.25) is 4.98 Å². The minimum atomic E-state index is -4.45. The maximum atomic E-state index is 13.1. The second kappa shape index (κ2) is 11.5. The van der Waals surface area contributed by atoms with Crippen LogP contribution < -0.4 is 4.74 Å². The lowest BCUT2D eigenvalue weighted by molar-refractivity contribution is -0.137. The van der Waals surface area contributed by atoms with Gasteiger partial charge in [0.2, 0.25) is 5.88 Å². The fourth-order valence-corrected chi connectivity index (χ4v) is 6.91. The highest BCUT2D eigenvalue weighted by Crippen LogP contribution is 2.51. The zero-order valence-electron chi connectivity index (χ0n) is 25.8. The lowest BCUT2D eigenvalue weighted by Crippen LogP contribution is -2.69. The molecule has 1 saturated heterocycles. The molecule has 2 aromatic heterocycles. The van der Waals surface area contributed by atoms with E-state index in [0.29, 0.717) is 38.9 Å². The Balaban J connectivity index is 1.68. The lowest BCUT2D eigenvalue weighted by atomic mass is 9.61. The van der Waals surface area contributed by atoms with Gasteiger partial charge >= 0.3 is 12.3 Å². The normalized spacial score (nSPS) is 18.4. The summed E-state index contributed by atoms with van der Waals surface area (Å²) in [6, 6.07) is 13.2. The van der Waals surface area contributed by atoms with Gasteiger partial charge in [-0.2, -0.15) is 13.2 Å². The first-order valence-corrected chi connectivity index (χ1v) is 14.8. The molecule has 0 radical (unpaired) electrons. The number of carbonyl (C=O) groups is 1. The highest BCUT2D eigenvalue weighted by Gasteiger charge is 2.58. The number of aryl methyl sites for hydroxylation is 2. The average molecular weight is 642 g/mol. The predicted molar refractivity (Wildman–Crippen MR) is 166 cm³/mol. The summed E-state index contributed by atoms with van der Waals surface area (Å²) in [6.45, 7) is 9.61. The van der Waals surface area contributed by atoms with E-state index in [9.17, 15) is 28.2 Å². The number of aromatic nitrogens is 2. The number of hydrogen-bond donors (Lipinski definition) is 2. The van der Waals surface area contributed by atoms with Crippen molar-refractivity contribution in [2.45, 2.75) is 58.9 Å². The van der Waals surface area contributed by atoms with E-state index in [1.807, 2.05) is 46.8 Å². The topological polar surface area (TPSA) is 95.8 Å². The number of rotatable bonds is 6. The smallest absolute Gasteiger partial charge is 0.416 e. The van der Waals surface area contributed by atoms with Crippen LogP contribution in [0, 0.1) is 25.2 Å². The molecule has 0 aliphatic carbocycles. The molecule has 4 aromatic rings. The lowest BCUT2D eigenvalue weighted by Gasteiger charge is -2.58. The summed E-state index contributed by atoms with van der Waals surface area (Å²) in [4.78, 5) is 22.8. The van der Waals surface area contributed by atoms with Gasteiger partial charge in [-0.05, 0) is 60.7 Å². The molecular weight excluding hydrogens is 607 g/mol. The third kappa shape index (κ3) is 5.81. The van der Waals surface area contributed by atoms with Gasteiger partial charge in [-0.1, -0.05) is 56.6 Å². The number of nitrogens with zero attached hydrogens (tertiary/aromatic N) is 3. The minimum Gasteiger partial charge on any atom is -0.481 e. The van der Waals surface area contributed by atoms with Crippen molar-refractivity contribution in [1.82, 2.24) is 14.9 Å². The Hall–Kier alpha value is -3.89. The second-order valence-corrected chi connectivity index (χ2v) is 13.1. The van der Waals surface area contributed by atoms with Gasteiger partial charge in [0, 0.05) is 52.8 Å². The third-order valence-corrected chi connectivity index (χ3v) is 9.12. The molecule has 3 atom stereocenters. The average Bonchev–Trinajstić information content (AvgIpc) is 2.92. The molecular formula is C34H35ClF3N3O4. The summed E-state index contributed by atoms with van der Waals surface area (Å²) in [5, 5.41) is 23.6. The van der Waals surface area contributed by atoms with Gasteiger partial charge < -0.3 is 19.8 Å². The zero-order valence-corrected chi connectivity index (χ0v) is 26.6. The third-order valence-electron chi connectivity index (χ3n) is 8.69. The molecule has 0 saturated carbocycles. The fraction of sp³-hybridized carbons (Fsp3) is 0.382. The summed E-state index contributed by atoms with van der Waals surface area (Å²) in [5.74, 6) is -0.288. The largest absolute Gasteiger partial charge is 0.481 e. The Kier molecular flexibility index (Phi) is 8.29. The summed E-state index contributed by atoms with van der Waals surface area (Å²) in [5.41, 5.74) is 1.07. The monoisotopic (exact) mass is 641 g/mol. The number of hydrogen-bond acceptors (Lipinski definition) is 5. The van der Waals surface area contributed by atoms with Gasteiger partial charge in [0.25, 0.3) is 0 Å². The maximum absolute atomic E-state index is 13.1. The van der Waals surface area contributed by atoms with Crippen LogP contribution >= 0.6 is 11.6 Å². The summed E-state index contributed by atoms with van der Waals surface area (Å²) < 4.78 is 44.9. The molecule has 1 aliphatic rings. The molecule has 1 aliphatic heterocycles. The number of alkyl halides is 3. The van der Waals surface area contributed by atoms with E-state index in [0.717, 1.165) is 17.8 Å². The quantitative estimate of drug-likeness (QED) is 0.223. The highest BCUT2D eigenvalue weighted by molar-refractivity contribution is 6.36. The van der Waals surface area contributed by atoms with Crippen molar-refractivity contribution in [3.05, 3.63) is 98.8 Å². The zero-order chi connectivity index (χ0) is 33.1. The number of aliphatic hydroxyl groups is 1. The molecule has 11 heteroatoms. The van der Waals surface area contributed by atoms with E-state index >= 15 is 0 Å². The Morgan fingerprint density at radius 3 is 2.22 bits per heavy atom. The second-order valence-electron chi connectivity index (χ2n) is 12.7. The number of fused-ring (bicyclic) bond motifs is 1. The van der Waals surface area contributed by atoms with Gasteiger partial charge in [0.15, 0.2) is 0 Å². The molecule has 2 N–H and O–H groups in total. The van der Waals surface area contributed by atoms with Crippen molar-refractivity contribution in [2.24, 2.45) is 11.3 Å². The van der Waals surface area contributed by atoms with Crippen molar-refractivity contribution in [3.63, 3.8) is 0 Å². The van der Waals surface area contributed by atoms with Crippen LogP contribution in [0.2, 0.25) is 5.02 Å². The van der Waals surface area contributed by atoms with Crippen LogP contribution in [0.5, 0.6) is 5.88 Å². The van der Waals surface area contributed by atoms with Crippen molar-refractivity contribution in [2.75, 3.05) is 13.7 Å². The molecule has 1 amide bonds. The SMILES string of the molecule is COc1nc2ccc(C(O)(c3ccc(C)nc3C)C3CN(C(=O)O)C3C(C)(C)C)cc2c(Cl)c1Cc1ccc(C(F)(F)F)cc1. The minimum absolute atomic E-state index is 0.104. The van der Waals surface area contributed by atoms with E-state index < -0.39 is 40.8 Å². The van der Waals surface area contributed by atoms with Crippen LogP contribution in [-0.2, 0) is 18.2 Å². The number of amides is 1. The van der Waals surface area contributed by atoms with Crippen LogP contribution in [0.4, 0.5) is 18.0 Å². The Morgan fingerprint density at radius 1 is 1.02 bits per heavy atom. The molecule has 238 valence electrons. The van der Waals surface area contributed by atoms with Crippen molar-refractivity contribution >= 4 is 28.6 Å². The first-order chi connectivity index (χ1) is 21.0. The number of likely N-dealkylation sites (tertiary alicyclic amines) is 1. The number of halogens is 4. The standard InChI is InChI=1S/C34H35ClF3N3O4/c1-18-7-13-25(19(2)39-18)33(44,26-17-41(31(42)43)29(26)32(3,4)5)22-12-14-27-23(16-22)28(35)24(30(40-27)45-6)15-20-8-10-21(11-9-20)34(36,37)38/h7-14,16,26,29,44H,15,17H2,1-6H3,(H,42,43). The van der Waals surface area contributed by atoms with Crippen molar-refractivity contribution in [3.8, 4) is 5.88 Å². The number of methoxy groups -OCH3 is 1. The predicted octanol–water partition coefficient (Wildman–Crippen LogP) is 7.78. The van der Waals surface area contributed by atoms with Gasteiger partial charge in [0.1, 0.15) is 5.60 Å². The summed E-state index contributed by atoms with van der Waals surface area (Å²) in [6.07, 6.45) is -5.36. The molecule has 0 bridgehead atoms. The molecule has 3 unspecified atom stereocenters. The van der Waals surface area contributed by atoms with Crippen LogP contribution in [0.15, 0.2) is 54.6 Å². The molecule has 3 heterocycles. The molecule has 2 aromatic carbocycles. The van der Waals surface area contributed by atoms with Crippen molar-refractivity contribution in [1.29, 1.82) is 0 Å². The Bertz CT molecular complexity index is 1770. The first-order valence-electron chi connectivity index (χ1n) is 14.5. The molecule has 1 fully saturated rings. The Morgan fingerprint density at radius 2 is 1.67 bits per heavy atom. The van der Waals surface area contributed by atoms with E-state index in [-0.39, 0.29) is 23.9 Å². The summed E-state index contributed by atoms with van der Waals surface area (Å²) >= 11 is 7.01. The summed E-state index contributed by atoms with van der Waals surface area (Å²) in [7, 11) is 1.44. The van der Waals surface area contributed by atoms with Crippen LogP contribution in [-0.4, -0.2) is 50.9 Å². The number of benzene rings is 2.